The Morgan fingerprint density at radius 2 is 1.68 bits per heavy atom. The van der Waals surface area contributed by atoms with Crippen LogP contribution in [0.2, 0.25) is 0 Å². The lowest BCUT2D eigenvalue weighted by molar-refractivity contribution is -0.154. The number of amides is 1. The highest BCUT2D eigenvalue weighted by Crippen LogP contribution is 2.37. The molecule has 9 heteroatoms. The minimum Gasteiger partial charge on any atom is -0.493 e. The van der Waals surface area contributed by atoms with Gasteiger partial charge in [-0.25, -0.2) is 9.78 Å². The predicted octanol–water partition coefficient (Wildman–Crippen LogP) is 4.99. The molecule has 2 rings (SSSR count). The number of nitrogens with zero attached hydrogens (tertiary/aromatic N) is 2. The zero-order valence-electron chi connectivity index (χ0n) is 23.8. The number of carboxylic acid groups (broad SMARTS) is 1. The molecule has 1 heterocycles. The van der Waals surface area contributed by atoms with Crippen LogP contribution in [0.4, 0.5) is 0 Å². The summed E-state index contributed by atoms with van der Waals surface area (Å²) in [4.78, 5) is 43.8. The smallest absolute Gasteiger partial charge is 0.326 e. The van der Waals surface area contributed by atoms with Crippen LogP contribution >= 0.6 is 0 Å². The maximum absolute atomic E-state index is 14.1. The monoisotopic (exact) mass is 528 g/mol. The first-order chi connectivity index (χ1) is 17.8. The van der Waals surface area contributed by atoms with Crippen molar-refractivity contribution in [2.75, 3.05) is 13.9 Å². The van der Waals surface area contributed by atoms with Crippen LogP contribution in [0.25, 0.3) is 0 Å². The van der Waals surface area contributed by atoms with Crippen LogP contribution < -0.4 is 9.47 Å². The van der Waals surface area contributed by atoms with E-state index in [-0.39, 0.29) is 34.9 Å². The molecular formula is C29H40N2O7. The number of carbonyl (C=O) groups excluding carboxylic acids is 2. The zero-order valence-corrected chi connectivity index (χ0v) is 23.8. The fraction of sp³-hybridized carbons (Fsp3) is 0.517. The molecule has 0 aliphatic rings. The molecular weight excluding hydrogens is 488 g/mol. The van der Waals surface area contributed by atoms with Crippen LogP contribution in [0, 0.1) is 25.7 Å². The van der Waals surface area contributed by atoms with Gasteiger partial charge >= 0.3 is 11.9 Å². The van der Waals surface area contributed by atoms with Gasteiger partial charge in [0, 0.05) is 24.2 Å². The predicted molar refractivity (Wildman–Crippen MR) is 143 cm³/mol. The van der Waals surface area contributed by atoms with E-state index >= 15 is 0 Å². The third-order valence-electron chi connectivity index (χ3n) is 6.64. The van der Waals surface area contributed by atoms with E-state index in [2.05, 4.69) is 24.9 Å². The number of aryl methyl sites for hydroxylation is 2. The first-order valence-corrected chi connectivity index (χ1v) is 12.8. The van der Waals surface area contributed by atoms with Crippen LogP contribution in [0.1, 0.15) is 74.6 Å². The first kappa shape index (κ1) is 30.6. The molecule has 0 saturated carbocycles. The second-order valence-electron chi connectivity index (χ2n) is 10.2. The maximum Gasteiger partial charge on any atom is 0.326 e. The molecule has 38 heavy (non-hydrogen) atoms. The molecule has 3 atom stereocenters. The molecule has 0 bridgehead atoms. The van der Waals surface area contributed by atoms with Gasteiger partial charge < -0.3 is 24.2 Å². The van der Waals surface area contributed by atoms with E-state index < -0.39 is 36.7 Å². The average molecular weight is 529 g/mol. The molecule has 1 unspecified atom stereocenters. The summed E-state index contributed by atoms with van der Waals surface area (Å²) in [6, 6.07) is 5.97. The number of hydrogen-bond donors (Lipinski definition) is 1. The Kier molecular flexibility index (Phi) is 10.7. The third-order valence-corrected chi connectivity index (χ3v) is 6.64. The van der Waals surface area contributed by atoms with Gasteiger partial charge in [-0.3, -0.25) is 9.59 Å². The highest BCUT2D eigenvalue weighted by molar-refractivity contribution is 5.98. The van der Waals surface area contributed by atoms with E-state index in [1.54, 1.807) is 13.8 Å². The Morgan fingerprint density at radius 1 is 1.03 bits per heavy atom. The van der Waals surface area contributed by atoms with Crippen molar-refractivity contribution in [3.05, 3.63) is 52.8 Å². The summed E-state index contributed by atoms with van der Waals surface area (Å²) in [7, 11) is 1.41. The molecule has 1 amide bonds. The van der Waals surface area contributed by atoms with E-state index in [1.807, 2.05) is 32.9 Å². The van der Waals surface area contributed by atoms with Gasteiger partial charge in [-0.2, -0.15) is 0 Å². The number of esters is 1. The highest BCUT2D eigenvalue weighted by Gasteiger charge is 2.39. The average Bonchev–Trinajstić information content (AvgIpc) is 2.85. The van der Waals surface area contributed by atoms with Crippen molar-refractivity contribution in [3.8, 4) is 11.5 Å². The molecule has 1 N–H and O–H groups in total. The van der Waals surface area contributed by atoms with Crippen LogP contribution in [0.15, 0.2) is 30.5 Å². The van der Waals surface area contributed by atoms with Crippen molar-refractivity contribution in [1.29, 1.82) is 0 Å². The van der Waals surface area contributed by atoms with Gasteiger partial charge in [0.15, 0.2) is 17.2 Å². The van der Waals surface area contributed by atoms with Crippen molar-refractivity contribution in [3.63, 3.8) is 0 Å². The molecule has 2 aromatic rings. The quantitative estimate of drug-likeness (QED) is 0.303. The minimum absolute atomic E-state index is 0.0287. The molecule has 0 saturated heterocycles. The highest BCUT2D eigenvalue weighted by atomic mass is 16.7. The fourth-order valence-corrected chi connectivity index (χ4v) is 4.70. The van der Waals surface area contributed by atoms with Gasteiger partial charge in [-0.15, -0.1) is 0 Å². The minimum atomic E-state index is -1.16. The number of pyridine rings is 1. The fourth-order valence-electron chi connectivity index (χ4n) is 4.70. The summed E-state index contributed by atoms with van der Waals surface area (Å²) in [5.74, 6) is -2.51. The summed E-state index contributed by atoms with van der Waals surface area (Å²) >= 11 is 0. The molecule has 1 aromatic heterocycles. The van der Waals surface area contributed by atoms with Gasteiger partial charge in [0.1, 0.15) is 6.04 Å². The number of hydrogen-bond acceptors (Lipinski definition) is 7. The summed E-state index contributed by atoms with van der Waals surface area (Å²) in [5, 5.41) is 9.98. The number of benzene rings is 1. The standard InChI is InChI=1S/C29H40N2O7/c1-16(2)24(22-11-10-18(5)14-19(22)6)20(7)31(21(8)28(33)34)27(32)25-26(23(36-9)12-13-30-25)37-15-38-29(35)17(3)4/h10-14,16-17,20-21,24H,15H2,1-9H3,(H,33,34)/t20?,21-,24+/m0/s1. The van der Waals surface area contributed by atoms with Crippen LogP contribution in [-0.4, -0.2) is 58.8 Å². The molecule has 208 valence electrons. The second-order valence-corrected chi connectivity index (χ2v) is 10.2. The maximum atomic E-state index is 14.1. The van der Waals surface area contributed by atoms with E-state index in [4.69, 9.17) is 14.2 Å². The molecule has 0 radical (unpaired) electrons. The molecule has 0 aliphatic carbocycles. The van der Waals surface area contributed by atoms with E-state index in [0.717, 1.165) is 16.7 Å². The topological polar surface area (TPSA) is 115 Å². The molecule has 1 aromatic carbocycles. The second kappa shape index (κ2) is 13.3. The molecule has 0 aliphatic heterocycles. The molecule has 9 nitrogen and oxygen atoms in total. The van der Waals surface area contributed by atoms with Gasteiger partial charge in [0.05, 0.1) is 13.0 Å². The molecule has 0 spiro atoms. The van der Waals surface area contributed by atoms with E-state index in [9.17, 15) is 19.5 Å². The van der Waals surface area contributed by atoms with E-state index in [1.165, 1.54) is 31.2 Å². The summed E-state index contributed by atoms with van der Waals surface area (Å²) in [5.41, 5.74) is 3.10. The van der Waals surface area contributed by atoms with Crippen LogP contribution in [0.3, 0.4) is 0 Å². The lowest BCUT2D eigenvalue weighted by Crippen LogP contribution is -2.51. The Labute approximate surface area is 225 Å². The SMILES string of the molecule is COc1ccnc(C(=O)N(C(C)[C@H](c2ccc(C)cc2C)C(C)C)[C@@H](C)C(=O)O)c1OCOC(=O)C(C)C. The third kappa shape index (κ3) is 7.02. The lowest BCUT2D eigenvalue weighted by atomic mass is 9.79. The zero-order chi connectivity index (χ0) is 28.7. The number of carbonyl (C=O) groups is 3. The van der Waals surface area contributed by atoms with Crippen LogP contribution in [-0.2, 0) is 14.3 Å². The van der Waals surface area contributed by atoms with Crippen molar-refractivity contribution in [2.45, 2.75) is 73.4 Å². The summed E-state index contributed by atoms with van der Waals surface area (Å²) in [6.07, 6.45) is 1.39. The van der Waals surface area contributed by atoms with Gasteiger partial charge in [-0.1, -0.05) is 51.5 Å². The van der Waals surface area contributed by atoms with Gasteiger partial charge in [-0.05, 0) is 44.7 Å². The van der Waals surface area contributed by atoms with Gasteiger partial charge in [0.25, 0.3) is 5.91 Å². The van der Waals surface area contributed by atoms with Crippen molar-refractivity contribution in [1.82, 2.24) is 9.88 Å². The van der Waals surface area contributed by atoms with Crippen LogP contribution in [0.5, 0.6) is 11.5 Å². The summed E-state index contributed by atoms with van der Waals surface area (Å²) in [6.45, 7) is 14.4. The largest absolute Gasteiger partial charge is 0.493 e. The molecule has 0 fully saturated rings. The number of aromatic nitrogens is 1. The number of rotatable bonds is 12. The van der Waals surface area contributed by atoms with Crippen molar-refractivity contribution < 1.29 is 33.7 Å². The van der Waals surface area contributed by atoms with Crippen molar-refractivity contribution >= 4 is 17.8 Å². The normalized spacial score (nSPS) is 13.6. The Morgan fingerprint density at radius 3 is 2.21 bits per heavy atom. The Hall–Kier alpha value is -3.62. The van der Waals surface area contributed by atoms with Gasteiger partial charge in [0.2, 0.25) is 6.79 Å². The number of ether oxygens (including phenoxy) is 3. The summed E-state index contributed by atoms with van der Waals surface area (Å²) < 4.78 is 16.2. The van der Waals surface area contributed by atoms with Crippen molar-refractivity contribution in [2.24, 2.45) is 11.8 Å². The van der Waals surface area contributed by atoms with E-state index in [0.29, 0.717) is 0 Å². The Bertz CT molecular complexity index is 1150. The number of methoxy groups -OCH3 is 1. The number of aliphatic carboxylic acids is 1. The first-order valence-electron chi connectivity index (χ1n) is 12.8. The number of carboxylic acids is 1. The lowest BCUT2D eigenvalue weighted by Gasteiger charge is -2.39. The Balaban J connectivity index is 2.58.